The molecule has 0 amide bonds. The molecule has 0 bridgehead atoms. The van der Waals surface area contributed by atoms with Crippen LogP contribution in [0, 0.1) is 0 Å². The minimum atomic E-state index is -0.315. The molecule has 0 radical (unpaired) electrons. The number of ether oxygens (including phenoxy) is 1. The van der Waals surface area contributed by atoms with Gasteiger partial charge in [-0.05, 0) is 40.6 Å². The molecule has 0 heterocycles. The van der Waals surface area contributed by atoms with Gasteiger partial charge in [-0.3, -0.25) is 0 Å². The number of rotatable bonds is 3. The topological polar surface area (TPSA) is 26.3 Å². The van der Waals surface area contributed by atoms with Crippen LogP contribution >= 0.6 is 15.9 Å². The van der Waals surface area contributed by atoms with Gasteiger partial charge >= 0.3 is 5.97 Å². The van der Waals surface area contributed by atoms with Crippen LogP contribution in [-0.4, -0.2) is 5.97 Å². The Kier molecular flexibility index (Phi) is 4.02. The van der Waals surface area contributed by atoms with E-state index in [1.807, 2.05) is 42.5 Å². The van der Waals surface area contributed by atoms with Crippen LogP contribution in [0.1, 0.15) is 15.9 Å². The number of esters is 1. The van der Waals surface area contributed by atoms with Crippen molar-refractivity contribution in [1.29, 1.82) is 0 Å². The number of benzene rings is 3. The van der Waals surface area contributed by atoms with E-state index in [1.165, 1.54) is 5.39 Å². The first-order valence-electron chi connectivity index (χ1n) is 6.63. The number of hydrogen-bond acceptors (Lipinski definition) is 2. The third-order valence-electron chi connectivity index (χ3n) is 3.24. The van der Waals surface area contributed by atoms with E-state index in [1.54, 1.807) is 12.1 Å². The zero-order chi connectivity index (χ0) is 14.7. The molecular weight excluding hydrogens is 328 g/mol. The van der Waals surface area contributed by atoms with Crippen LogP contribution in [0.4, 0.5) is 0 Å². The maximum Gasteiger partial charge on any atom is 0.338 e. The summed E-state index contributed by atoms with van der Waals surface area (Å²) in [6.07, 6.45) is 0. The average Bonchev–Trinajstić information content (AvgIpc) is 2.52. The molecule has 0 unspecified atom stereocenters. The van der Waals surface area contributed by atoms with Crippen molar-refractivity contribution in [1.82, 2.24) is 0 Å². The van der Waals surface area contributed by atoms with Gasteiger partial charge in [-0.2, -0.15) is 0 Å². The van der Waals surface area contributed by atoms with Crippen LogP contribution in [0.2, 0.25) is 0 Å². The normalized spacial score (nSPS) is 10.5. The van der Waals surface area contributed by atoms with E-state index in [9.17, 15) is 4.79 Å². The number of halogens is 1. The summed E-state index contributed by atoms with van der Waals surface area (Å²) < 4.78 is 6.22. The summed E-state index contributed by atoms with van der Waals surface area (Å²) >= 11 is 3.35. The molecule has 3 heteroatoms. The molecule has 0 spiro atoms. The van der Waals surface area contributed by atoms with Crippen LogP contribution in [0.15, 0.2) is 71.2 Å². The summed E-state index contributed by atoms with van der Waals surface area (Å²) in [5.41, 5.74) is 1.53. The van der Waals surface area contributed by atoms with Gasteiger partial charge in [-0.1, -0.05) is 58.4 Å². The highest BCUT2D eigenvalue weighted by Gasteiger charge is 2.07. The SMILES string of the molecule is O=C(OCc1ccc2ccccc2c1)c1cccc(Br)c1. The van der Waals surface area contributed by atoms with Gasteiger partial charge in [0.25, 0.3) is 0 Å². The molecule has 0 saturated carbocycles. The number of carbonyl (C=O) groups excluding carboxylic acids is 1. The van der Waals surface area contributed by atoms with Crippen LogP contribution in [0.25, 0.3) is 10.8 Å². The minimum Gasteiger partial charge on any atom is -0.457 e. The molecule has 2 nitrogen and oxygen atoms in total. The van der Waals surface area contributed by atoms with E-state index >= 15 is 0 Å². The molecule has 21 heavy (non-hydrogen) atoms. The molecule has 0 aliphatic carbocycles. The smallest absolute Gasteiger partial charge is 0.338 e. The first kappa shape index (κ1) is 13.8. The Bertz CT molecular complexity index is 796. The van der Waals surface area contributed by atoms with Gasteiger partial charge in [0.15, 0.2) is 0 Å². The van der Waals surface area contributed by atoms with E-state index in [2.05, 4.69) is 28.1 Å². The molecular formula is C18H13BrO2. The van der Waals surface area contributed by atoms with E-state index < -0.39 is 0 Å². The van der Waals surface area contributed by atoms with Gasteiger partial charge < -0.3 is 4.74 Å². The monoisotopic (exact) mass is 340 g/mol. The van der Waals surface area contributed by atoms with Gasteiger partial charge in [0.1, 0.15) is 6.61 Å². The largest absolute Gasteiger partial charge is 0.457 e. The Hall–Kier alpha value is -2.13. The summed E-state index contributed by atoms with van der Waals surface area (Å²) in [6.45, 7) is 0.274. The molecule has 0 N–H and O–H groups in total. The van der Waals surface area contributed by atoms with E-state index in [0.717, 1.165) is 15.4 Å². The van der Waals surface area contributed by atoms with Crippen LogP contribution < -0.4 is 0 Å². The highest BCUT2D eigenvalue weighted by atomic mass is 79.9. The Labute approximate surface area is 131 Å². The van der Waals surface area contributed by atoms with Crippen molar-refractivity contribution in [3.05, 3.63) is 82.3 Å². The fraction of sp³-hybridized carbons (Fsp3) is 0.0556. The predicted molar refractivity (Wildman–Crippen MR) is 87.2 cm³/mol. The molecule has 0 aromatic heterocycles. The molecule has 3 aromatic carbocycles. The van der Waals surface area contributed by atoms with Crippen molar-refractivity contribution in [2.24, 2.45) is 0 Å². The summed E-state index contributed by atoms with van der Waals surface area (Å²) in [6, 6.07) is 21.4. The minimum absolute atomic E-state index is 0.274. The Balaban J connectivity index is 1.72. The summed E-state index contributed by atoms with van der Waals surface area (Å²) in [4.78, 5) is 12.0. The maximum absolute atomic E-state index is 12.0. The molecule has 3 aromatic rings. The van der Waals surface area contributed by atoms with Crippen LogP contribution in [-0.2, 0) is 11.3 Å². The van der Waals surface area contributed by atoms with Crippen molar-refractivity contribution >= 4 is 32.7 Å². The Morgan fingerprint density at radius 2 is 1.71 bits per heavy atom. The zero-order valence-electron chi connectivity index (χ0n) is 11.3. The first-order chi connectivity index (χ1) is 10.2. The van der Waals surface area contributed by atoms with Crippen molar-refractivity contribution in [3.63, 3.8) is 0 Å². The van der Waals surface area contributed by atoms with E-state index in [4.69, 9.17) is 4.74 Å². The predicted octanol–water partition coefficient (Wildman–Crippen LogP) is 4.96. The van der Waals surface area contributed by atoms with E-state index in [0.29, 0.717) is 5.56 Å². The molecule has 0 aliphatic heterocycles. The molecule has 0 aliphatic rings. The van der Waals surface area contributed by atoms with Gasteiger partial charge in [0, 0.05) is 4.47 Å². The third kappa shape index (κ3) is 3.31. The molecule has 0 saturated heterocycles. The van der Waals surface area contributed by atoms with Crippen molar-refractivity contribution in [3.8, 4) is 0 Å². The fourth-order valence-corrected chi connectivity index (χ4v) is 2.58. The average molecular weight is 341 g/mol. The first-order valence-corrected chi connectivity index (χ1v) is 7.42. The second-order valence-corrected chi connectivity index (χ2v) is 5.68. The number of carbonyl (C=O) groups is 1. The lowest BCUT2D eigenvalue weighted by Crippen LogP contribution is -2.05. The fourth-order valence-electron chi connectivity index (χ4n) is 2.18. The Morgan fingerprint density at radius 1 is 0.905 bits per heavy atom. The maximum atomic E-state index is 12.0. The molecule has 0 atom stereocenters. The lowest BCUT2D eigenvalue weighted by molar-refractivity contribution is 0.0473. The quantitative estimate of drug-likeness (QED) is 0.630. The van der Waals surface area contributed by atoms with Crippen LogP contribution in [0.5, 0.6) is 0 Å². The van der Waals surface area contributed by atoms with Gasteiger partial charge in [-0.15, -0.1) is 0 Å². The van der Waals surface area contributed by atoms with E-state index in [-0.39, 0.29) is 12.6 Å². The van der Waals surface area contributed by atoms with Gasteiger partial charge in [0.2, 0.25) is 0 Å². The lowest BCUT2D eigenvalue weighted by atomic mass is 10.1. The van der Waals surface area contributed by atoms with Gasteiger partial charge in [0.05, 0.1) is 5.56 Å². The summed E-state index contributed by atoms with van der Waals surface area (Å²) in [5, 5.41) is 2.33. The third-order valence-corrected chi connectivity index (χ3v) is 3.74. The van der Waals surface area contributed by atoms with Gasteiger partial charge in [-0.25, -0.2) is 4.79 Å². The highest BCUT2D eigenvalue weighted by Crippen LogP contribution is 2.17. The second kappa shape index (κ2) is 6.10. The van der Waals surface area contributed by atoms with Crippen molar-refractivity contribution in [2.75, 3.05) is 0 Å². The van der Waals surface area contributed by atoms with Crippen LogP contribution in [0.3, 0.4) is 0 Å². The van der Waals surface area contributed by atoms with Crippen molar-refractivity contribution < 1.29 is 9.53 Å². The Morgan fingerprint density at radius 3 is 2.52 bits per heavy atom. The molecule has 3 rings (SSSR count). The summed E-state index contributed by atoms with van der Waals surface area (Å²) in [5.74, 6) is -0.315. The highest BCUT2D eigenvalue weighted by molar-refractivity contribution is 9.10. The molecule has 0 fully saturated rings. The second-order valence-electron chi connectivity index (χ2n) is 4.77. The standard InChI is InChI=1S/C18H13BrO2/c19-17-7-3-6-16(11-17)18(20)21-12-13-8-9-14-4-1-2-5-15(14)10-13/h1-11H,12H2. The van der Waals surface area contributed by atoms with Crippen molar-refractivity contribution in [2.45, 2.75) is 6.61 Å². The lowest BCUT2D eigenvalue weighted by Gasteiger charge is -2.06. The summed E-state index contributed by atoms with van der Waals surface area (Å²) in [7, 11) is 0. The molecule has 104 valence electrons. The number of fused-ring (bicyclic) bond motifs is 1. The number of hydrogen-bond donors (Lipinski definition) is 0. The zero-order valence-corrected chi connectivity index (χ0v) is 12.8.